The summed E-state index contributed by atoms with van der Waals surface area (Å²) in [6.45, 7) is 1.24. The second kappa shape index (κ2) is 16.7. The molecule has 0 bridgehead atoms. The van der Waals surface area contributed by atoms with Crippen molar-refractivity contribution in [1.82, 2.24) is 0 Å². The van der Waals surface area contributed by atoms with E-state index in [4.69, 9.17) is 10.2 Å². The fourth-order valence-electron chi connectivity index (χ4n) is 3.00. The van der Waals surface area contributed by atoms with Crippen LogP contribution in [-0.4, -0.2) is 62.1 Å². The summed E-state index contributed by atoms with van der Waals surface area (Å²) in [7, 11) is 0. The van der Waals surface area contributed by atoms with Crippen LogP contribution < -0.4 is 0 Å². The normalized spacial score (nSPS) is 13.9. The molecule has 0 saturated carbocycles. The van der Waals surface area contributed by atoms with Crippen LogP contribution in [0.1, 0.15) is 96.8 Å². The number of hydrogen-bond acceptors (Lipinski definition) is 8. The highest BCUT2D eigenvalue weighted by Crippen LogP contribution is 2.18. The van der Waals surface area contributed by atoms with Crippen LogP contribution in [0.5, 0.6) is 0 Å². The molecular formula is C21H40O8. The van der Waals surface area contributed by atoms with Crippen LogP contribution in [0.4, 0.5) is 0 Å². The van der Waals surface area contributed by atoms with Crippen molar-refractivity contribution in [1.29, 1.82) is 0 Å². The second-order valence-electron chi connectivity index (χ2n) is 7.68. The first-order valence-corrected chi connectivity index (χ1v) is 10.9. The van der Waals surface area contributed by atoms with Gasteiger partial charge in [-0.25, -0.2) is 9.59 Å². The van der Waals surface area contributed by atoms with Gasteiger partial charge in [0.25, 0.3) is 5.79 Å². The molecule has 0 amide bonds. The summed E-state index contributed by atoms with van der Waals surface area (Å²) in [4.78, 5) is 22.8. The molecule has 8 nitrogen and oxygen atoms in total. The molecule has 0 aromatic carbocycles. The van der Waals surface area contributed by atoms with E-state index in [1.807, 2.05) is 0 Å². The Morgan fingerprint density at radius 3 is 1.62 bits per heavy atom. The summed E-state index contributed by atoms with van der Waals surface area (Å²) < 4.78 is 4.06. The monoisotopic (exact) mass is 420 g/mol. The zero-order valence-electron chi connectivity index (χ0n) is 17.7. The number of carbonyl (C=O) groups excluding carboxylic acids is 2. The highest BCUT2D eigenvalue weighted by molar-refractivity contribution is 5.91. The van der Waals surface area contributed by atoms with Crippen LogP contribution >= 0.6 is 0 Å². The van der Waals surface area contributed by atoms with Crippen LogP contribution in [0.15, 0.2) is 0 Å². The van der Waals surface area contributed by atoms with Crippen LogP contribution in [-0.2, 0) is 14.3 Å². The van der Waals surface area contributed by atoms with Crippen molar-refractivity contribution < 1.29 is 39.9 Å². The Balaban J connectivity index is 3.77. The highest BCUT2D eigenvalue weighted by Gasteiger charge is 2.44. The zero-order valence-corrected chi connectivity index (χ0v) is 17.7. The summed E-state index contributed by atoms with van der Waals surface area (Å²) in [6, 6.07) is 0. The number of unbranched alkanes of at least 4 members (excludes halogenated alkanes) is 12. The van der Waals surface area contributed by atoms with Crippen molar-refractivity contribution >= 4 is 11.9 Å². The quantitative estimate of drug-likeness (QED) is 0.0979. The molecule has 2 unspecified atom stereocenters. The molecule has 0 fully saturated rings. The molecule has 0 spiro atoms. The maximum absolute atomic E-state index is 11.6. The third kappa shape index (κ3) is 13.0. The van der Waals surface area contributed by atoms with E-state index in [0.29, 0.717) is 6.42 Å². The Morgan fingerprint density at radius 2 is 1.21 bits per heavy atom. The first-order chi connectivity index (χ1) is 13.8. The summed E-state index contributed by atoms with van der Waals surface area (Å²) >= 11 is 0. The van der Waals surface area contributed by atoms with Crippen molar-refractivity contribution in [3.05, 3.63) is 0 Å². The number of hydrogen-bond donors (Lipinski definition) is 5. The number of aliphatic hydroxyl groups excluding tert-OH is 3. The van der Waals surface area contributed by atoms with Gasteiger partial charge in [0.05, 0.1) is 6.61 Å². The third-order valence-corrected chi connectivity index (χ3v) is 4.98. The Labute approximate surface area is 173 Å². The number of esters is 2. The lowest BCUT2D eigenvalue weighted by atomic mass is 10.0. The maximum Gasteiger partial charge on any atom is 0.377 e. The van der Waals surface area contributed by atoms with Gasteiger partial charge >= 0.3 is 11.9 Å². The number of ether oxygens (including phenoxy) is 1. The first kappa shape index (κ1) is 27.9. The molecule has 0 aromatic heterocycles. The van der Waals surface area contributed by atoms with E-state index < -0.39 is 36.5 Å². The maximum atomic E-state index is 11.6. The molecule has 5 N–H and O–H groups in total. The molecule has 0 aliphatic carbocycles. The number of rotatable bonds is 18. The Morgan fingerprint density at radius 1 is 0.793 bits per heavy atom. The minimum atomic E-state index is -3.25. The largest absolute Gasteiger partial charge is 0.393 e. The molecule has 0 aliphatic rings. The minimum Gasteiger partial charge on any atom is -0.393 e. The summed E-state index contributed by atoms with van der Waals surface area (Å²) in [6.07, 6.45) is 11.0. The van der Waals surface area contributed by atoms with E-state index in [2.05, 4.69) is 11.7 Å². The summed E-state index contributed by atoms with van der Waals surface area (Å²) in [5, 5.41) is 46.8. The van der Waals surface area contributed by atoms with Crippen molar-refractivity contribution in [2.45, 2.75) is 115 Å². The average Bonchev–Trinajstić information content (AvgIpc) is 2.70. The number of carbonyl (C=O) groups is 2. The third-order valence-electron chi connectivity index (χ3n) is 4.98. The van der Waals surface area contributed by atoms with Crippen LogP contribution in [0, 0.1) is 0 Å². The molecule has 172 valence electrons. The molecule has 0 aliphatic heterocycles. The van der Waals surface area contributed by atoms with Crippen molar-refractivity contribution in [2.75, 3.05) is 6.61 Å². The lowest BCUT2D eigenvalue weighted by molar-refractivity contribution is -0.242. The van der Waals surface area contributed by atoms with Gasteiger partial charge in [0.2, 0.25) is 0 Å². The second-order valence-corrected chi connectivity index (χ2v) is 7.68. The van der Waals surface area contributed by atoms with E-state index in [1.165, 1.54) is 51.4 Å². The van der Waals surface area contributed by atoms with Crippen LogP contribution in [0.2, 0.25) is 0 Å². The lowest BCUT2D eigenvalue weighted by Gasteiger charge is -2.24. The Bertz CT molecular complexity index is 438. The predicted molar refractivity (Wildman–Crippen MR) is 108 cm³/mol. The van der Waals surface area contributed by atoms with Gasteiger partial charge in [-0.05, 0) is 6.42 Å². The van der Waals surface area contributed by atoms with Crippen LogP contribution in [0.3, 0.4) is 0 Å². The van der Waals surface area contributed by atoms with Gasteiger partial charge in [0.1, 0.15) is 6.10 Å². The van der Waals surface area contributed by atoms with E-state index >= 15 is 0 Å². The first-order valence-electron chi connectivity index (χ1n) is 10.9. The molecule has 0 aromatic rings. The minimum absolute atomic E-state index is 0.0450. The Kier molecular flexibility index (Phi) is 16.1. The van der Waals surface area contributed by atoms with Gasteiger partial charge < -0.3 is 30.3 Å². The average molecular weight is 421 g/mol. The SMILES string of the molecule is CCCCCCCCCCCCCCCC(O)C(O)(O)C(=O)OC(=O)C(O)CO. The molecule has 0 heterocycles. The summed E-state index contributed by atoms with van der Waals surface area (Å²) in [5.41, 5.74) is 0. The molecule has 8 heteroatoms. The van der Waals surface area contributed by atoms with Gasteiger partial charge in [0, 0.05) is 0 Å². The van der Waals surface area contributed by atoms with Crippen molar-refractivity contribution in [3.8, 4) is 0 Å². The standard InChI is InChI=1S/C21H40O8/c1-2-3-4-5-6-7-8-9-10-11-12-13-14-15-18(24)21(27,28)20(26)29-19(25)17(23)16-22/h17-18,22-24,27-28H,2-16H2,1H3. The van der Waals surface area contributed by atoms with E-state index in [-0.39, 0.29) is 6.42 Å². The molecule has 0 radical (unpaired) electrons. The summed E-state index contributed by atoms with van der Waals surface area (Å²) in [5.74, 6) is -6.54. The number of aliphatic hydroxyl groups is 5. The molecule has 0 rings (SSSR count). The van der Waals surface area contributed by atoms with Gasteiger partial charge in [0.15, 0.2) is 6.10 Å². The topological polar surface area (TPSA) is 145 Å². The van der Waals surface area contributed by atoms with Gasteiger partial charge in [-0.2, -0.15) is 0 Å². The van der Waals surface area contributed by atoms with E-state index in [0.717, 1.165) is 25.7 Å². The van der Waals surface area contributed by atoms with Gasteiger partial charge in [-0.1, -0.05) is 90.4 Å². The molecule has 0 saturated heterocycles. The van der Waals surface area contributed by atoms with E-state index in [1.54, 1.807) is 0 Å². The van der Waals surface area contributed by atoms with Crippen LogP contribution in [0.25, 0.3) is 0 Å². The highest BCUT2D eigenvalue weighted by atomic mass is 16.6. The fraction of sp³-hybridized carbons (Fsp3) is 0.905. The zero-order chi connectivity index (χ0) is 22.1. The van der Waals surface area contributed by atoms with Gasteiger partial charge in [-0.3, -0.25) is 0 Å². The molecule has 2 atom stereocenters. The smallest absolute Gasteiger partial charge is 0.377 e. The van der Waals surface area contributed by atoms with E-state index in [9.17, 15) is 24.9 Å². The Hall–Kier alpha value is -1.06. The lowest BCUT2D eigenvalue weighted by Crippen LogP contribution is -2.51. The van der Waals surface area contributed by atoms with Gasteiger partial charge in [-0.15, -0.1) is 0 Å². The molecular weight excluding hydrogens is 380 g/mol. The fourth-order valence-corrected chi connectivity index (χ4v) is 3.00. The van der Waals surface area contributed by atoms with Crippen molar-refractivity contribution in [3.63, 3.8) is 0 Å². The van der Waals surface area contributed by atoms with Crippen molar-refractivity contribution in [2.24, 2.45) is 0 Å². The molecule has 29 heavy (non-hydrogen) atoms. The predicted octanol–water partition coefficient (Wildman–Crippen LogP) is 1.93.